The van der Waals surface area contributed by atoms with Crippen molar-refractivity contribution in [1.29, 1.82) is 0 Å². The van der Waals surface area contributed by atoms with E-state index < -0.39 is 6.10 Å². The highest BCUT2D eigenvalue weighted by molar-refractivity contribution is 6.35. The zero-order valence-corrected chi connectivity index (χ0v) is 19.7. The van der Waals surface area contributed by atoms with Gasteiger partial charge in [0.2, 0.25) is 5.91 Å². The maximum absolute atomic E-state index is 12.9. The van der Waals surface area contributed by atoms with Crippen LogP contribution in [0.15, 0.2) is 66.7 Å². The first kappa shape index (κ1) is 22.9. The number of fused-ring (bicyclic) bond motifs is 1. The first-order chi connectivity index (χ1) is 15.8. The van der Waals surface area contributed by atoms with Crippen molar-refractivity contribution in [1.82, 2.24) is 0 Å². The average molecular weight is 481 g/mol. The highest BCUT2D eigenvalue weighted by Gasteiger charge is 2.32. The summed E-state index contributed by atoms with van der Waals surface area (Å²) in [6.07, 6.45) is 2.42. The van der Waals surface area contributed by atoms with Gasteiger partial charge in [0.05, 0.1) is 12.2 Å². The molecule has 1 N–H and O–H groups in total. The zero-order valence-electron chi connectivity index (χ0n) is 18.1. The van der Waals surface area contributed by atoms with Gasteiger partial charge in [-0.15, -0.1) is 0 Å². The lowest BCUT2D eigenvalue weighted by Gasteiger charge is -2.33. The van der Waals surface area contributed by atoms with Crippen LogP contribution in [0.25, 0.3) is 6.08 Å². The number of carbonyl (C=O) groups is 2. The van der Waals surface area contributed by atoms with Gasteiger partial charge in [0.1, 0.15) is 5.75 Å². The molecule has 1 heterocycles. The molecule has 4 rings (SSSR count). The molecule has 0 fully saturated rings. The minimum absolute atomic E-state index is 0.133. The number of carbonyl (C=O) groups excluding carboxylic acids is 2. The molecule has 0 saturated heterocycles. The largest absolute Gasteiger partial charge is 0.479 e. The Hall–Kier alpha value is -3.28. The molecule has 0 saturated carbocycles. The second-order valence-corrected chi connectivity index (χ2v) is 8.63. The number of halogens is 2. The van der Waals surface area contributed by atoms with Gasteiger partial charge in [-0.25, -0.2) is 0 Å². The summed E-state index contributed by atoms with van der Waals surface area (Å²) in [4.78, 5) is 27.1. The standard InChI is InChI=1S/C26H22Cl2N2O3/c1-16-5-3-4-6-19(16)15-30-23-14-21(10-11-24(23)33-17(2)26(30)32)29-25(31)12-8-18-7-9-20(27)13-22(18)28/h3-14,17H,15H2,1-2H3,(H,29,31)/b12-8+. The van der Waals surface area contributed by atoms with Crippen molar-refractivity contribution >= 4 is 52.5 Å². The molecule has 1 atom stereocenters. The van der Waals surface area contributed by atoms with Crippen LogP contribution in [0.4, 0.5) is 11.4 Å². The van der Waals surface area contributed by atoms with Gasteiger partial charge in [0.15, 0.2) is 6.10 Å². The number of amides is 2. The SMILES string of the molecule is Cc1ccccc1CN1C(=O)C(C)Oc2ccc(NC(=O)/C=C/c3ccc(Cl)cc3Cl)cc21. The first-order valence-electron chi connectivity index (χ1n) is 10.4. The number of benzene rings is 3. The topological polar surface area (TPSA) is 58.6 Å². The van der Waals surface area contributed by atoms with Gasteiger partial charge in [-0.3, -0.25) is 9.59 Å². The van der Waals surface area contributed by atoms with Gasteiger partial charge in [0, 0.05) is 21.8 Å². The molecule has 1 aliphatic heterocycles. The Kier molecular flexibility index (Phi) is 6.72. The molecule has 5 nitrogen and oxygen atoms in total. The number of nitrogens with one attached hydrogen (secondary N) is 1. The molecule has 33 heavy (non-hydrogen) atoms. The average Bonchev–Trinajstić information content (AvgIpc) is 2.78. The fourth-order valence-electron chi connectivity index (χ4n) is 3.59. The third kappa shape index (κ3) is 5.21. The van der Waals surface area contributed by atoms with Crippen LogP contribution in [-0.4, -0.2) is 17.9 Å². The molecule has 1 aliphatic rings. The molecule has 0 aromatic heterocycles. The van der Waals surface area contributed by atoms with Gasteiger partial charge in [-0.2, -0.15) is 0 Å². The van der Waals surface area contributed by atoms with Gasteiger partial charge < -0.3 is 15.0 Å². The van der Waals surface area contributed by atoms with E-state index in [-0.39, 0.29) is 11.8 Å². The number of ether oxygens (including phenoxy) is 1. The maximum atomic E-state index is 12.9. The summed E-state index contributed by atoms with van der Waals surface area (Å²) in [5.74, 6) is 0.131. The third-order valence-corrected chi connectivity index (χ3v) is 5.96. The van der Waals surface area contributed by atoms with Crippen LogP contribution in [0.5, 0.6) is 5.75 Å². The number of aryl methyl sites for hydroxylation is 1. The molecule has 0 spiro atoms. The summed E-state index contributed by atoms with van der Waals surface area (Å²) in [7, 11) is 0. The number of nitrogens with zero attached hydrogens (tertiary/aromatic N) is 1. The van der Waals surface area contributed by atoms with Crippen molar-refractivity contribution in [2.24, 2.45) is 0 Å². The van der Waals surface area contributed by atoms with Gasteiger partial charge in [-0.05, 0) is 66.9 Å². The fraction of sp³-hybridized carbons (Fsp3) is 0.154. The van der Waals surface area contributed by atoms with Gasteiger partial charge >= 0.3 is 0 Å². The van der Waals surface area contributed by atoms with Crippen LogP contribution in [0.3, 0.4) is 0 Å². The minimum atomic E-state index is -0.589. The quantitative estimate of drug-likeness (QED) is 0.437. The van der Waals surface area contributed by atoms with Crippen molar-refractivity contribution < 1.29 is 14.3 Å². The highest BCUT2D eigenvalue weighted by Crippen LogP contribution is 2.37. The van der Waals surface area contributed by atoms with Gasteiger partial charge in [0.25, 0.3) is 5.91 Å². The van der Waals surface area contributed by atoms with E-state index in [1.165, 1.54) is 6.08 Å². The normalized spacial score (nSPS) is 15.3. The molecule has 1 unspecified atom stereocenters. The molecule has 2 amide bonds. The van der Waals surface area contributed by atoms with E-state index in [9.17, 15) is 9.59 Å². The number of hydrogen-bond acceptors (Lipinski definition) is 3. The molecule has 3 aromatic carbocycles. The van der Waals surface area contributed by atoms with E-state index in [2.05, 4.69) is 5.32 Å². The summed E-state index contributed by atoms with van der Waals surface area (Å²) >= 11 is 12.1. The lowest BCUT2D eigenvalue weighted by atomic mass is 10.1. The van der Waals surface area contributed by atoms with E-state index in [0.29, 0.717) is 39.3 Å². The van der Waals surface area contributed by atoms with Crippen LogP contribution in [0.2, 0.25) is 10.0 Å². The molecule has 7 heteroatoms. The predicted octanol–water partition coefficient (Wildman–Crippen LogP) is 6.27. The number of hydrogen-bond donors (Lipinski definition) is 1. The lowest BCUT2D eigenvalue weighted by molar-refractivity contribution is -0.125. The molecular weight excluding hydrogens is 459 g/mol. The summed E-state index contributed by atoms with van der Waals surface area (Å²) in [6.45, 7) is 4.16. The Morgan fingerprint density at radius 1 is 1.12 bits per heavy atom. The second kappa shape index (κ2) is 9.69. The van der Waals surface area contributed by atoms with Crippen LogP contribution in [0.1, 0.15) is 23.6 Å². The number of anilines is 2. The highest BCUT2D eigenvalue weighted by atomic mass is 35.5. The predicted molar refractivity (Wildman–Crippen MR) is 133 cm³/mol. The molecule has 168 valence electrons. The summed E-state index contributed by atoms with van der Waals surface area (Å²) in [5, 5.41) is 3.81. The van der Waals surface area contributed by atoms with Crippen LogP contribution in [0, 0.1) is 6.92 Å². The van der Waals surface area contributed by atoms with E-state index in [4.69, 9.17) is 27.9 Å². The summed E-state index contributed by atoms with van der Waals surface area (Å²) < 4.78 is 5.79. The van der Waals surface area contributed by atoms with Crippen LogP contribution < -0.4 is 15.0 Å². The van der Waals surface area contributed by atoms with E-state index in [1.807, 2.05) is 31.2 Å². The van der Waals surface area contributed by atoms with E-state index >= 15 is 0 Å². The Balaban J connectivity index is 1.56. The molecule has 0 aliphatic carbocycles. The van der Waals surface area contributed by atoms with Crippen LogP contribution >= 0.6 is 23.2 Å². The molecule has 3 aromatic rings. The van der Waals surface area contributed by atoms with E-state index in [1.54, 1.807) is 54.3 Å². The van der Waals surface area contributed by atoms with E-state index in [0.717, 1.165) is 11.1 Å². The second-order valence-electron chi connectivity index (χ2n) is 7.78. The third-order valence-electron chi connectivity index (χ3n) is 5.40. The Morgan fingerprint density at radius 3 is 2.67 bits per heavy atom. The minimum Gasteiger partial charge on any atom is -0.479 e. The van der Waals surface area contributed by atoms with Crippen molar-refractivity contribution in [3.8, 4) is 5.75 Å². The zero-order chi connectivity index (χ0) is 23.5. The Labute approximate surface area is 202 Å². The Bertz CT molecular complexity index is 1260. The van der Waals surface area contributed by atoms with Crippen LogP contribution in [-0.2, 0) is 16.1 Å². The first-order valence-corrected chi connectivity index (χ1v) is 11.2. The van der Waals surface area contributed by atoms with Gasteiger partial charge in [-0.1, -0.05) is 53.5 Å². The van der Waals surface area contributed by atoms with Crippen molar-refractivity contribution in [2.45, 2.75) is 26.5 Å². The lowest BCUT2D eigenvalue weighted by Crippen LogP contribution is -2.44. The fourth-order valence-corrected chi connectivity index (χ4v) is 4.06. The molecule has 0 radical (unpaired) electrons. The maximum Gasteiger partial charge on any atom is 0.268 e. The molecular formula is C26H22Cl2N2O3. The summed E-state index contributed by atoms with van der Waals surface area (Å²) in [6, 6.07) is 18.2. The monoisotopic (exact) mass is 480 g/mol. The van der Waals surface area contributed by atoms with Crippen molar-refractivity contribution in [3.63, 3.8) is 0 Å². The molecule has 0 bridgehead atoms. The van der Waals surface area contributed by atoms with Crippen molar-refractivity contribution in [2.75, 3.05) is 10.2 Å². The number of rotatable bonds is 5. The van der Waals surface area contributed by atoms with Crippen molar-refractivity contribution in [3.05, 3.63) is 93.5 Å². The smallest absolute Gasteiger partial charge is 0.268 e. The summed E-state index contributed by atoms with van der Waals surface area (Å²) in [5.41, 5.74) is 3.99. The Morgan fingerprint density at radius 2 is 1.91 bits per heavy atom.